The van der Waals surface area contributed by atoms with Crippen LogP contribution in [0.15, 0.2) is 30.3 Å². The van der Waals surface area contributed by atoms with Crippen LogP contribution in [0.25, 0.3) is 0 Å². The summed E-state index contributed by atoms with van der Waals surface area (Å²) in [4.78, 5) is 13.0. The van der Waals surface area contributed by atoms with Gasteiger partial charge in [-0.2, -0.15) is 0 Å². The second-order valence-corrected chi connectivity index (χ2v) is 6.39. The largest absolute Gasteiger partial charge is 0.488 e. The summed E-state index contributed by atoms with van der Waals surface area (Å²) in [6, 6.07) is 9.90. The SMILES string of the molecule is Cc1ccc(C(C)C)c(OCc2ccc(C(=O)NN)s2)c1. The number of benzene rings is 1. The number of aryl methyl sites for hydroxylation is 1. The van der Waals surface area contributed by atoms with E-state index >= 15 is 0 Å². The highest BCUT2D eigenvalue weighted by Gasteiger charge is 2.11. The second-order valence-electron chi connectivity index (χ2n) is 5.22. The number of carbonyl (C=O) groups is 1. The van der Waals surface area contributed by atoms with Crippen LogP contribution in [0.3, 0.4) is 0 Å². The normalized spacial score (nSPS) is 10.7. The molecule has 112 valence electrons. The van der Waals surface area contributed by atoms with E-state index in [1.54, 1.807) is 6.07 Å². The molecule has 0 atom stereocenters. The molecule has 0 spiro atoms. The summed E-state index contributed by atoms with van der Waals surface area (Å²) in [7, 11) is 0. The van der Waals surface area contributed by atoms with Crippen LogP contribution >= 0.6 is 11.3 Å². The van der Waals surface area contributed by atoms with Gasteiger partial charge in [-0.15, -0.1) is 11.3 Å². The van der Waals surface area contributed by atoms with E-state index < -0.39 is 0 Å². The van der Waals surface area contributed by atoms with Gasteiger partial charge in [-0.1, -0.05) is 26.0 Å². The Hall–Kier alpha value is -1.85. The van der Waals surface area contributed by atoms with E-state index in [9.17, 15) is 4.79 Å². The number of hydrogen-bond acceptors (Lipinski definition) is 4. The molecule has 0 radical (unpaired) electrons. The van der Waals surface area contributed by atoms with E-state index in [0.29, 0.717) is 17.4 Å². The lowest BCUT2D eigenvalue weighted by atomic mass is 10.0. The number of thiophene rings is 1. The number of nitrogens with one attached hydrogen (secondary N) is 1. The Balaban J connectivity index is 2.11. The zero-order chi connectivity index (χ0) is 15.4. The van der Waals surface area contributed by atoms with Crippen molar-refractivity contribution in [3.63, 3.8) is 0 Å². The standard InChI is InChI=1S/C16H20N2O2S/c1-10(2)13-6-4-11(3)8-14(13)20-9-12-5-7-15(21-12)16(19)18-17/h4-8,10H,9,17H2,1-3H3,(H,18,19). The summed E-state index contributed by atoms with van der Waals surface area (Å²) >= 11 is 1.39. The molecule has 0 saturated carbocycles. The first-order valence-corrected chi connectivity index (χ1v) is 7.66. The Morgan fingerprint density at radius 2 is 2.10 bits per heavy atom. The minimum atomic E-state index is -0.273. The Kier molecular flexibility index (Phi) is 4.98. The third-order valence-corrected chi connectivity index (χ3v) is 4.24. The molecule has 0 aliphatic rings. The molecule has 0 aliphatic carbocycles. The molecule has 1 amide bonds. The van der Waals surface area contributed by atoms with Gasteiger partial charge in [0.1, 0.15) is 12.4 Å². The third kappa shape index (κ3) is 3.83. The zero-order valence-corrected chi connectivity index (χ0v) is 13.3. The Bertz CT molecular complexity index is 635. The van der Waals surface area contributed by atoms with Crippen molar-refractivity contribution < 1.29 is 9.53 Å². The average molecular weight is 304 g/mol. The topological polar surface area (TPSA) is 64.3 Å². The number of carbonyl (C=O) groups excluding carboxylic acids is 1. The number of nitrogen functional groups attached to an aromatic ring is 1. The first-order chi connectivity index (χ1) is 10.0. The van der Waals surface area contributed by atoms with Gasteiger partial charge in [0.25, 0.3) is 5.91 Å². The van der Waals surface area contributed by atoms with Crippen LogP contribution < -0.4 is 16.0 Å². The zero-order valence-electron chi connectivity index (χ0n) is 12.5. The monoisotopic (exact) mass is 304 g/mol. The number of ether oxygens (including phenoxy) is 1. The number of amides is 1. The molecule has 0 saturated heterocycles. The minimum Gasteiger partial charge on any atom is -0.488 e. The van der Waals surface area contributed by atoms with Crippen LogP contribution in [0.4, 0.5) is 0 Å². The van der Waals surface area contributed by atoms with E-state index in [1.165, 1.54) is 22.5 Å². The average Bonchev–Trinajstić information content (AvgIpc) is 2.93. The molecule has 0 unspecified atom stereocenters. The molecule has 0 aliphatic heterocycles. The maximum Gasteiger partial charge on any atom is 0.275 e. The van der Waals surface area contributed by atoms with E-state index in [0.717, 1.165) is 10.6 Å². The smallest absolute Gasteiger partial charge is 0.275 e. The van der Waals surface area contributed by atoms with Crippen LogP contribution in [0.1, 0.15) is 45.4 Å². The summed E-state index contributed by atoms with van der Waals surface area (Å²) in [6.45, 7) is 6.79. The number of rotatable bonds is 5. The summed E-state index contributed by atoms with van der Waals surface area (Å²) in [5, 5.41) is 0. The molecule has 2 rings (SSSR count). The third-order valence-electron chi connectivity index (χ3n) is 3.18. The lowest BCUT2D eigenvalue weighted by Crippen LogP contribution is -2.29. The fourth-order valence-corrected chi connectivity index (χ4v) is 2.87. The van der Waals surface area contributed by atoms with Crippen LogP contribution in [-0.2, 0) is 6.61 Å². The first kappa shape index (κ1) is 15.5. The molecule has 21 heavy (non-hydrogen) atoms. The van der Waals surface area contributed by atoms with Crippen molar-refractivity contribution in [2.24, 2.45) is 5.84 Å². The van der Waals surface area contributed by atoms with E-state index in [-0.39, 0.29) is 5.91 Å². The number of nitrogens with two attached hydrogens (primary N) is 1. The van der Waals surface area contributed by atoms with Gasteiger partial charge < -0.3 is 4.74 Å². The highest BCUT2D eigenvalue weighted by molar-refractivity contribution is 7.14. The van der Waals surface area contributed by atoms with Gasteiger partial charge in [0.05, 0.1) is 4.88 Å². The summed E-state index contributed by atoms with van der Waals surface area (Å²) in [5.74, 6) is 6.16. The Morgan fingerprint density at radius 3 is 2.76 bits per heavy atom. The van der Waals surface area contributed by atoms with Crippen molar-refractivity contribution in [3.8, 4) is 5.75 Å². The fraction of sp³-hybridized carbons (Fsp3) is 0.312. The molecular weight excluding hydrogens is 284 g/mol. The maximum atomic E-state index is 11.4. The highest BCUT2D eigenvalue weighted by Crippen LogP contribution is 2.29. The molecule has 1 aromatic carbocycles. The fourth-order valence-electron chi connectivity index (χ4n) is 2.04. The van der Waals surface area contributed by atoms with E-state index in [2.05, 4.69) is 37.5 Å². The molecule has 1 heterocycles. The van der Waals surface area contributed by atoms with E-state index in [1.807, 2.05) is 13.0 Å². The Labute approximate surface area is 128 Å². The molecule has 3 N–H and O–H groups in total. The van der Waals surface area contributed by atoms with Gasteiger partial charge in [-0.05, 0) is 42.2 Å². The molecule has 5 heteroatoms. The lowest BCUT2D eigenvalue weighted by Gasteiger charge is -2.14. The molecule has 4 nitrogen and oxygen atoms in total. The van der Waals surface area contributed by atoms with Gasteiger partial charge in [0, 0.05) is 4.88 Å². The Morgan fingerprint density at radius 1 is 1.33 bits per heavy atom. The highest BCUT2D eigenvalue weighted by atomic mass is 32.1. The van der Waals surface area contributed by atoms with Crippen LogP contribution in [-0.4, -0.2) is 5.91 Å². The van der Waals surface area contributed by atoms with Crippen LogP contribution in [0.5, 0.6) is 5.75 Å². The molecule has 2 aromatic rings. The van der Waals surface area contributed by atoms with Crippen molar-refractivity contribution in [3.05, 3.63) is 51.2 Å². The first-order valence-electron chi connectivity index (χ1n) is 6.84. The van der Waals surface area contributed by atoms with Crippen molar-refractivity contribution in [1.29, 1.82) is 0 Å². The van der Waals surface area contributed by atoms with Crippen molar-refractivity contribution in [2.75, 3.05) is 0 Å². The van der Waals surface area contributed by atoms with Gasteiger partial charge in [0.15, 0.2) is 0 Å². The van der Waals surface area contributed by atoms with Crippen molar-refractivity contribution in [2.45, 2.75) is 33.3 Å². The quantitative estimate of drug-likeness (QED) is 0.506. The van der Waals surface area contributed by atoms with Gasteiger partial charge in [0.2, 0.25) is 0 Å². The van der Waals surface area contributed by atoms with Gasteiger partial charge in [-0.25, -0.2) is 5.84 Å². The summed E-state index contributed by atoms with van der Waals surface area (Å²) in [6.07, 6.45) is 0. The summed E-state index contributed by atoms with van der Waals surface area (Å²) < 4.78 is 5.94. The molecular formula is C16H20N2O2S. The molecule has 1 aromatic heterocycles. The van der Waals surface area contributed by atoms with Gasteiger partial charge in [-0.3, -0.25) is 10.2 Å². The lowest BCUT2D eigenvalue weighted by molar-refractivity contribution is 0.0957. The van der Waals surface area contributed by atoms with Crippen molar-refractivity contribution in [1.82, 2.24) is 5.43 Å². The van der Waals surface area contributed by atoms with Crippen LogP contribution in [0, 0.1) is 6.92 Å². The summed E-state index contributed by atoms with van der Waals surface area (Å²) in [5.41, 5.74) is 4.49. The molecule has 0 fully saturated rings. The minimum absolute atomic E-state index is 0.273. The molecule has 0 bridgehead atoms. The van der Waals surface area contributed by atoms with Gasteiger partial charge >= 0.3 is 0 Å². The second kappa shape index (κ2) is 6.74. The van der Waals surface area contributed by atoms with Crippen molar-refractivity contribution >= 4 is 17.2 Å². The number of hydrazine groups is 1. The predicted octanol–water partition coefficient (Wildman–Crippen LogP) is 3.36. The predicted molar refractivity (Wildman–Crippen MR) is 85.6 cm³/mol. The van der Waals surface area contributed by atoms with E-state index in [4.69, 9.17) is 10.6 Å². The number of hydrogen-bond donors (Lipinski definition) is 2. The maximum absolute atomic E-state index is 11.4. The van der Waals surface area contributed by atoms with Crippen LogP contribution in [0.2, 0.25) is 0 Å².